The third-order valence-electron chi connectivity index (χ3n) is 2.08. The predicted octanol–water partition coefficient (Wildman–Crippen LogP) is 0.194. The van der Waals surface area contributed by atoms with Crippen LogP contribution in [0.25, 0.3) is 0 Å². The lowest BCUT2D eigenvalue weighted by Crippen LogP contribution is -2.11. The zero-order valence-electron chi connectivity index (χ0n) is 8.61. The quantitative estimate of drug-likeness (QED) is 0.775. The standard InChI is InChI=1S/C9H14N6/c1-8(10)9-11-7-15(13-9)6-5-14-4-2-3-12-14/h2-4,7-8H,5-6,10H2,1H3. The van der Waals surface area contributed by atoms with E-state index in [0.29, 0.717) is 5.82 Å². The van der Waals surface area contributed by atoms with Crippen molar-refractivity contribution in [1.82, 2.24) is 24.5 Å². The molecule has 0 radical (unpaired) electrons. The molecule has 6 heteroatoms. The lowest BCUT2D eigenvalue weighted by atomic mass is 10.4. The number of nitrogens with two attached hydrogens (primary N) is 1. The fourth-order valence-corrected chi connectivity index (χ4v) is 1.26. The molecule has 0 bridgehead atoms. The monoisotopic (exact) mass is 206 g/mol. The number of hydrogen-bond acceptors (Lipinski definition) is 4. The van der Waals surface area contributed by atoms with Crippen LogP contribution in [0, 0.1) is 0 Å². The van der Waals surface area contributed by atoms with Crippen LogP contribution >= 0.6 is 0 Å². The van der Waals surface area contributed by atoms with Gasteiger partial charge in [0.2, 0.25) is 0 Å². The molecule has 1 unspecified atom stereocenters. The Balaban J connectivity index is 1.94. The first-order chi connectivity index (χ1) is 7.25. The van der Waals surface area contributed by atoms with Crippen molar-refractivity contribution in [3.63, 3.8) is 0 Å². The van der Waals surface area contributed by atoms with Gasteiger partial charge in [-0.05, 0) is 13.0 Å². The molecule has 0 aromatic carbocycles. The highest BCUT2D eigenvalue weighted by atomic mass is 15.4. The molecule has 2 heterocycles. The maximum absolute atomic E-state index is 5.66. The van der Waals surface area contributed by atoms with Gasteiger partial charge in [0, 0.05) is 12.4 Å². The first-order valence-corrected chi connectivity index (χ1v) is 4.88. The SMILES string of the molecule is CC(N)c1ncn(CCn2cccn2)n1. The van der Waals surface area contributed by atoms with E-state index in [2.05, 4.69) is 15.2 Å². The molecule has 0 aliphatic carbocycles. The normalized spacial score (nSPS) is 12.9. The van der Waals surface area contributed by atoms with E-state index in [1.165, 1.54) is 0 Å². The third kappa shape index (κ3) is 2.41. The van der Waals surface area contributed by atoms with Gasteiger partial charge >= 0.3 is 0 Å². The fourth-order valence-electron chi connectivity index (χ4n) is 1.26. The molecule has 6 nitrogen and oxygen atoms in total. The van der Waals surface area contributed by atoms with E-state index >= 15 is 0 Å². The summed E-state index contributed by atoms with van der Waals surface area (Å²) in [5.74, 6) is 0.676. The average molecular weight is 206 g/mol. The molecule has 80 valence electrons. The minimum absolute atomic E-state index is 0.115. The zero-order chi connectivity index (χ0) is 10.7. The molecule has 0 saturated heterocycles. The maximum atomic E-state index is 5.66. The molecular weight excluding hydrogens is 192 g/mol. The van der Waals surface area contributed by atoms with Gasteiger partial charge in [-0.25, -0.2) is 4.98 Å². The zero-order valence-corrected chi connectivity index (χ0v) is 8.61. The number of rotatable bonds is 4. The summed E-state index contributed by atoms with van der Waals surface area (Å²) in [6, 6.07) is 1.78. The van der Waals surface area contributed by atoms with Crippen molar-refractivity contribution in [3.05, 3.63) is 30.6 Å². The van der Waals surface area contributed by atoms with Crippen LogP contribution in [0.3, 0.4) is 0 Å². The predicted molar refractivity (Wildman–Crippen MR) is 54.9 cm³/mol. The summed E-state index contributed by atoms with van der Waals surface area (Å²) in [5.41, 5.74) is 5.66. The number of hydrogen-bond donors (Lipinski definition) is 1. The van der Waals surface area contributed by atoms with E-state index in [-0.39, 0.29) is 6.04 Å². The van der Waals surface area contributed by atoms with E-state index < -0.39 is 0 Å². The van der Waals surface area contributed by atoms with Crippen molar-refractivity contribution in [2.24, 2.45) is 5.73 Å². The average Bonchev–Trinajstić information content (AvgIpc) is 2.86. The van der Waals surface area contributed by atoms with Crippen LogP contribution in [0.2, 0.25) is 0 Å². The van der Waals surface area contributed by atoms with Gasteiger partial charge in [0.15, 0.2) is 5.82 Å². The number of nitrogens with zero attached hydrogens (tertiary/aromatic N) is 5. The molecule has 0 fully saturated rings. The summed E-state index contributed by atoms with van der Waals surface area (Å²) in [7, 11) is 0. The largest absolute Gasteiger partial charge is 0.321 e. The van der Waals surface area contributed by atoms with Gasteiger partial charge in [-0.2, -0.15) is 10.2 Å². The van der Waals surface area contributed by atoms with Gasteiger partial charge in [0.05, 0.1) is 19.1 Å². The lowest BCUT2D eigenvalue weighted by molar-refractivity contribution is 0.494. The fraction of sp³-hybridized carbons (Fsp3) is 0.444. The van der Waals surface area contributed by atoms with Crippen LogP contribution in [0.5, 0.6) is 0 Å². The molecule has 2 N–H and O–H groups in total. The molecule has 15 heavy (non-hydrogen) atoms. The Morgan fingerprint density at radius 1 is 1.40 bits per heavy atom. The second-order valence-electron chi connectivity index (χ2n) is 3.42. The lowest BCUT2D eigenvalue weighted by Gasteiger charge is -2.01. The summed E-state index contributed by atoms with van der Waals surface area (Å²) in [6.07, 6.45) is 5.38. The smallest absolute Gasteiger partial charge is 0.166 e. The highest BCUT2D eigenvalue weighted by molar-refractivity contribution is 4.87. The molecule has 2 aromatic rings. The van der Waals surface area contributed by atoms with E-state index in [0.717, 1.165) is 13.1 Å². The molecule has 0 aliphatic rings. The van der Waals surface area contributed by atoms with Crippen LogP contribution in [0.1, 0.15) is 18.8 Å². The maximum Gasteiger partial charge on any atom is 0.166 e. The number of aryl methyl sites for hydroxylation is 2. The summed E-state index contributed by atoms with van der Waals surface area (Å²) >= 11 is 0. The highest BCUT2D eigenvalue weighted by Gasteiger charge is 2.04. The van der Waals surface area contributed by atoms with Crippen molar-refractivity contribution in [3.8, 4) is 0 Å². The Morgan fingerprint density at radius 2 is 2.20 bits per heavy atom. The first kappa shape index (κ1) is 9.85. The second-order valence-corrected chi connectivity index (χ2v) is 3.42. The Kier molecular flexibility index (Phi) is 2.77. The van der Waals surface area contributed by atoms with Crippen molar-refractivity contribution < 1.29 is 0 Å². The molecule has 2 rings (SSSR count). The van der Waals surface area contributed by atoms with Gasteiger partial charge in [-0.1, -0.05) is 0 Å². The van der Waals surface area contributed by atoms with Crippen molar-refractivity contribution in [2.45, 2.75) is 26.1 Å². The molecule has 1 atom stereocenters. The third-order valence-corrected chi connectivity index (χ3v) is 2.08. The van der Waals surface area contributed by atoms with Crippen molar-refractivity contribution >= 4 is 0 Å². The Labute approximate surface area is 87.7 Å². The summed E-state index contributed by atoms with van der Waals surface area (Å²) < 4.78 is 3.63. The molecule has 0 saturated carbocycles. The van der Waals surface area contributed by atoms with Crippen LogP contribution in [0.15, 0.2) is 24.8 Å². The van der Waals surface area contributed by atoms with Gasteiger partial charge < -0.3 is 5.73 Å². The van der Waals surface area contributed by atoms with Gasteiger partial charge in [-0.3, -0.25) is 9.36 Å². The molecule has 0 aliphatic heterocycles. The minimum Gasteiger partial charge on any atom is -0.321 e. The van der Waals surface area contributed by atoms with E-state index in [1.54, 1.807) is 17.2 Å². The van der Waals surface area contributed by atoms with Crippen LogP contribution in [0.4, 0.5) is 0 Å². The Morgan fingerprint density at radius 3 is 2.80 bits per heavy atom. The molecule has 0 spiro atoms. The van der Waals surface area contributed by atoms with Crippen molar-refractivity contribution in [1.29, 1.82) is 0 Å². The van der Waals surface area contributed by atoms with Gasteiger partial charge in [0.1, 0.15) is 6.33 Å². The summed E-state index contributed by atoms with van der Waals surface area (Å²) in [4.78, 5) is 4.11. The number of aromatic nitrogens is 5. The minimum atomic E-state index is -0.115. The van der Waals surface area contributed by atoms with E-state index in [1.807, 2.05) is 23.9 Å². The molecule has 0 amide bonds. The summed E-state index contributed by atoms with van der Waals surface area (Å²) in [6.45, 7) is 3.41. The van der Waals surface area contributed by atoms with E-state index in [9.17, 15) is 0 Å². The topological polar surface area (TPSA) is 74.5 Å². The Bertz CT molecular complexity index is 402. The first-order valence-electron chi connectivity index (χ1n) is 4.88. The molecule has 2 aromatic heterocycles. The Hall–Kier alpha value is -1.69. The van der Waals surface area contributed by atoms with Gasteiger partial charge in [-0.15, -0.1) is 0 Å². The van der Waals surface area contributed by atoms with E-state index in [4.69, 9.17) is 5.73 Å². The van der Waals surface area contributed by atoms with Crippen LogP contribution in [-0.4, -0.2) is 24.5 Å². The van der Waals surface area contributed by atoms with Gasteiger partial charge in [0.25, 0.3) is 0 Å². The van der Waals surface area contributed by atoms with Crippen molar-refractivity contribution in [2.75, 3.05) is 0 Å². The molecular formula is C9H14N6. The second kappa shape index (κ2) is 4.22. The van der Waals surface area contributed by atoms with Crippen LogP contribution in [-0.2, 0) is 13.1 Å². The highest BCUT2D eigenvalue weighted by Crippen LogP contribution is 2.00. The van der Waals surface area contributed by atoms with Crippen LogP contribution < -0.4 is 5.73 Å². The summed E-state index contributed by atoms with van der Waals surface area (Å²) in [5, 5.41) is 8.35.